The number of methoxy groups -OCH3 is 2. The third kappa shape index (κ3) is 4.28. The van der Waals surface area contributed by atoms with Crippen LogP contribution >= 0.6 is 0 Å². The highest BCUT2D eigenvalue weighted by molar-refractivity contribution is 5.53. The van der Waals surface area contributed by atoms with Crippen LogP contribution in [0.3, 0.4) is 0 Å². The van der Waals surface area contributed by atoms with Crippen LogP contribution in [-0.2, 0) is 6.54 Å². The molecule has 6 heteroatoms. The van der Waals surface area contributed by atoms with E-state index in [1.54, 1.807) is 14.2 Å². The predicted octanol–water partition coefficient (Wildman–Crippen LogP) is 4.26. The Hall–Kier alpha value is -2.86. The molecule has 3 rings (SSSR count). The Morgan fingerprint density at radius 2 is 1.89 bits per heavy atom. The first-order valence-corrected chi connectivity index (χ1v) is 8.83. The largest absolute Gasteiger partial charge is 0.497 e. The fourth-order valence-electron chi connectivity index (χ4n) is 2.87. The number of benzene rings is 2. The van der Waals surface area contributed by atoms with E-state index in [2.05, 4.69) is 15.1 Å². The molecule has 0 amide bonds. The van der Waals surface area contributed by atoms with Gasteiger partial charge >= 0.3 is 0 Å². The molecule has 0 N–H and O–H groups in total. The van der Waals surface area contributed by atoms with Crippen LogP contribution in [0.4, 0.5) is 0 Å². The maximum atomic E-state index is 5.92. The van der Waals surface area contributed by atoms with Crippen molar-refractivity contribution in [3.05, 3.63) is 59.5 Å². The average Bonchev–Trinajstić information content (AvgIpc) is 3.17. The molecule has 0 radical (unpaired) electrons. The molecule has 1 unspecified atom stereocenters. The summed E-state index contributed by atoms with van der Waals surface area (Å²) in [5.41, 5.74) is 3.15. The first-order chi connectivity index (χ1) is 13.0. The van der Waals surface area contributed by atoms with E-state index in [1.165, 1.54) is 0 Å². The zero-order chi connectivity index (χ0) is 19.4. The van der Waals surface area contributed by atoms with Crippen LogP contribution < -0.4 is 9.47 Å². The Morgan fingerprint density at radius 1 is 1.07 bits per heavy atom. The predicted molar refractivity (Wildman–Crippen MR) is 104 cm³/mol. The molecule has 0 bridgehead atoms. The Morgan fingerprint density at radius 3 is 2.59 bits per heavy atom. The summed E-state index contributed by atoms with van der Waals surface area (Å²) in [6.07, 6.45) is 0. The van der Waals surface area contributed by atoms with E-state index in [9.17, 15) is 0 Å². The van der Waals surface area contributed by atoms with E-state index in [4.69, 9.17) is 13.9 Å². The Kier molecular flexibility index (Phi) is 5.76. The minimum atomic E-state index is -0.0390. The zero-order valence-electron chi connectivity index (χ0n) is 16.4. The number of aryl methyl sites for hydroxylation is 1. The minimum Gasteiger partial charge on any atom is -0.497 e. The molecule has 2 aromatic carbocycles. The van der Waals surface area contributed by atoms with Crippen molar-refractivity contribution in [3.63, 3.8) is 0 Å². The number of rotatable bonds is 7. The molecule has 1 aromatic heterocycles. The lowest BCUT2D eigenvalue weighted by Gasteiger charge is -2.23. The molecule has 0 spiro atoms. The number of aromatic nitrogens is 2. The fraction of sp³-hybridized carbons (Fsp3) is 0.333. The van der Waals surface area contributed by atoms with Gasteiger partial charge in [-0.2, -0.15) is 0 Å². The van der Waals surface area contributed by atoms with Crippen LogP contribution in [0.25, 0.3) is 11.5 Å². The molecular formula is C21H25N3O3. The summed E-state index contributed by atoms with van der Waals surface area (Å²) in [7, 11) is 5.32. The van der Waals surface area contributed by atoms with Crippen molar-refractivity contribution in [2.45, 2.75) is 26.4 Å². The fourth-order valence-corrected chi connectivity index (χ4v) is 2.87. The van der Waals surface area contributed by atoms with E-state index in [0.29, 0.717) is 18.3 Å². The van der Waals surface area contributed by atoms with Gasteiger partial charge in [0, 0.05) is 23.7 Å². The highest BCUT2D eigenvalue weighted by atomic mass is 16.5. The van der Waals surface area contributed by atoms with E-state index >= 15 is 0 Å². The highest BCUT2D eigenvalue weighted by Crippen LogP contribution is 2.29. The van der Waals surface area contributed by atoms with E-state index < -0.39 is 0 Å². The normalized spacial score (nSPS) is 12.2. The van der Waals surface area contributed by atoms with Gasteiger partial charge < -0.3 is 13.9 Å². The molecule has 1 atom stereocenters. The second-order valence-corrected chi connectivity index (χ2v) is 6.58. The van der Waals surface area contributed by atoms with Crippen molar-refractivity contribution in [3.8, 4) is 23.0 Å². The van der Waals surface area contributed by atoms with Crippen molar-refractivity contribution in [1.82, 2.24) is 15.1 Å². The topological polar surface area (TPSA) is 60.6 Å². The van der Waals surface area contributed by atoms with Crippen LogP contribution in [0.15, 0.2) is 46.9 Å². The molecule has 0 aliphatic carbocycles. The van der Waals surface area contributed by atoms with Gasteiger partial charge in [-0.25, -0.2) is 0 Å². The van der Waals surface area contributed by atoms with Gasteiger partial charge in [-0.1, -0.05) is 23.8 Å². The van der Waals surface area contributed by atoms with Gasteiger partial charge in [-0.15, -0.1) is 10.2 Å². The maximum absolute atomic E-state index is 5.92. The molecule has 27 heavy (non-hydrogen) atoms. The van der Waals surface area contributed by atoms with E-state index in [1.807, 2.05) is 63.4 Å². The summed E-state index contributed by atoms with van der Waals surface area (Å²) in [6.45, 7) is 4.76. The van der Waals surface area contributed by atoms with Crippen LogP contribution in [0.1, 0.15) is 30.0 Å². The van der Waals surface area contributed by atoms with Gasteiger partial charge in [0.15, 0.2) is 0 Å². The second-order valence-electron chi connectivity index (χ2n) is 6.58. The molecule has 0 aliphatic rings. The van der Waals surface area contributed by atoms with Crippen LogP contribution in [0.2, 0.25) is 0 Å². The summed E-state index contributed by atoms with van der Waals surface area (Å²) in [5, 5.41) is 8.46. The minimum absolute atomic E-state index is 0.0390. The molecule has 0 saturated heterocycles. The van der Waals surface area contributed by atoms with Gasteiger partial charge in [0.2, 0.25) is 11.8 Å². The monoisotopic (exact) mass is 367 g/mol. The molecule has 0 fully saturated rings. The third-order valence-electron chi connectivity index (χ3n) is 4.64. The number of hydrogen-bond donors (Lipinski definition) is 0. The van der Waals surface area contributed by atoms with Crippen molar-refractivity contribution < 1.29 is 13.9 Å². The van der Waals surface area contributed by atoms with Crippen molar-refractivity contribution in [1.29, 1.82) is 0 Å². The van der Waals surface area contributed by atoms with Gasteiger partial charge in [-0.3, -0.25) is 4.90 Å². The highest BCUT2D eigenvalue weighted by Gasteiger charge is 2.20. The van der Waals surface area contributed by atoms with Gasteiger partial charge in [0.25, 0.3) is 0 Å². The molecule has 142 valence electrons. The first kappa shape index (κ1) is 18.9. The summed E-state index contributed by atoms with van der Waals surface area (Å²) in [6, 6.07) is 13.8. The number of ether oxygens (including phenoxy) is 2. The number of nitrogens with zero attached hydrogens (tertiary/aromatic N) is 3. The summed E-state index contributed by atoms with van der Waals surface area (Å²) < 4.78 is 16.7. The standard InChI is InChI=1S/C21H25N3O3/c1-14-7-6-8-16(11-14)21-23-22-20(27-21)15(2)24(3)13-17-9-10-18(25-4)12-19(17)26-5/h6-12,15H,13H2,1-5H3. The third-order valence-corrected chi connectivity index (χ3v) is 4.64. The SMILES string of the molecule is COc1ccc(CN(C)C(C)c2nnc(-c3cccc(C)c3)o2)c(OC)c1. The molecule has 6 nitrogen and oxygen atoms in total. The van der Waals surface area contributed by atoms with Crippen molar-refractivity contribution in [2.24, 2.45) is 0 Å². The summed E-state index contributed by atoms with van der Waals surface area (Å²) >= 11 is 0. The molecule has 1 heterocycles. The lowest BCUT2D eigenvalue weighted by Crippen LogP contribution is -2.22. The molecule has 0 saturated carbocycles. The van der Waals surface area contributed by atoms with Crippen molar-refractivity contribution >= 4 is 0 Å². The first-order valence-electron chi connectivity index (χ1n) is 8.83. The summed E-state index contributed by atoms with van der Waals surface area (Å²) in [4.78, 5) is 2.14. The van der Waals surface area contributed by atoms with Crippen LogP contribution in [-0.4, -0.2) is 36.4 Å². The number of hydrogen-bond acceptors (Lipinski definition) is 6. The Balaban J connectivity index is 1.75. The average molecular weight is 367 g/mol. The van der Waals surface area contributed by atoms with Crippen LogP contribution in [0.5, 0.6) is 11.5 Å². The van der Waals surface area contributed by atoms with E-state index in [-0.39, 0.29) is 6.04 Å². The maximum Gasteiger partial charge on any atom is 0.247 e. The van der Waals surface area contributed by atoms with Crippen LogP contribution in [0, 0.1) is 6.92 Å². The zero-order valence-corrected chi connectivity index (χ0v) is 16.4. The smallest absolute Gasteiger partial charge is 0.247 e. The Bertz CT molecular complexity index is 907. The summed E-state index contributed by atoms with van der Waals surface area (Å²) in [5.74, 6) is 2.68. The van der Waals surface area contributed by atoms with Crippen molar-refractivity contribution in [2.75, 3.05) is 21.3 Å². The lowest BCUT2D eigenvalue weighted by molar-refractivity contribution is 0.215. The molecule has 3 aromatic rings. The Labute approximate surface area is 159 Å². The second kappa shape index (κ2) is 8.22. The van der Waals surface area contributed by atoms with E-state index in [0.717, 1.165) is 28.2 Å². The van der Waals surface area contributed by atoms with Gasteiger partial charge in [-0.05, 0) is 39.1 Å². The molecule has 0 aliphatic heterocycles. The lowest BCUT2D eigenvalue weighted by atomic mass is 10.1. The van der Waals surface area contributed by atoms with Gasteiger partial charge in [0.05, 0.1) is 20.3 Å². The molecular weight excluding hydrogens is 342 g/mol. The quantitative estimate of drug-likeness (QED) is 0.622. The van der Waals surface area contributed by atoms with Gasteiger partial charge in [0.1, 0.15) is 11.5 Å².